The Morgan fingerprint density at radius 1 is 1.36 bits per heavy atom. The SMILES string of the molecule is OCC1Cc2cc(C(F)(F)F)ccc21. The van der Waals surface area contributed by atoms with Crippen LogP contribution < -0.4 is 0 Å². The van der Waals surface area contributed by atoms with Crippen molar-refractivity contribution >= 4 is 0 Å². The monoisotopic (exact) mass is 202 g/mol. The van der Waals surface area contributed by atoms with Gasteiger partial charge in [-0.15, -0.1) is 0 Å². The standard InChI is InChI=1S/C10H9F3O/c11-10(12,13)8-1-2-9-6(4-8)3-7(9)5-14/h1-2,4,7,14H,3,5H2. The normalized spacial score (nSPS) is 20.1. The third kappa shape index (κ3) is 1.39. The molecule has 0 aromatic heterocycles. The van der Waals surface area contributed by atoms with Gasteiger partial charge in [0.1, 0.15) is 0 Å². The zero-order chi connectivity index (χ0) is 10.3. The lowest BCUT2D eigenvalue weighted by molar-refractivity contribution is -0.137. The van der Waals surface area contributed by atoms with Crippen molar-refractivity contribution in [2.24, 2.45) is 0 Å². The molecule has 0 heterocycles. The first kappa shape index (κ1) is 9.52. The van der Waals surface area contributed by atoms with Gasteiger partial charge in [0, 0.05) is 5.92 Å². The maximum absolute atomic E-state index is 12.3. The van der Waals surface area contributed by atoms with Gasteiger partial charge in [-0.25, -0.2) is 0 Å². The average molecular weight is 202 g/mol. The molecule has 1 atom stereocenters. The van der Waals surface area contributed by atoms with E-state index in [1.807, 2.05) is 0 Å². The molecule has 1 aliphatic rings. The summed E-state index contributed by atoms with van der Waals surface area (Å²) in [6, 6.07) is 3.70. The van der Waals surface area contributed by atoms with Gasteiger partial charge in [0.25, 0.3) is 0 Å². The van der Waals surface area contributed by atoms with Crippen molar-refractivity contribution in [2.45, 2.75) is 18.5 Å². The quantitative estimate of drug-likeness (QED) is 0.741. The first-order chi connectivity index (χ1) is 6.52. The summed E-state index contributed by atoms with van der Waals surface area (Å²) < 4.78 is 36.8. The minimum absolute atomic E-state index is 0.0123. The van der Waals surface area contributed by atoms with Crippen LogP contribution in [0.3, 0.4) is 0 Å². The molecule has 1 N–H and O–H groups in total. The first-order valence-corrected chi connectivity index (χ1v) is 4.33. The lowest BCUT2D eigenvalue weighted by atomic mass is 9.77. The molecule has 76 valence electrons. The lowest BCUT2D eigenvalue weighted by Crippen LogP contribution is -2.21. The summed E-state index contributed by atoms with van der Waals surface area (Å²) >= 11 is 0. The van der Waals surface area contributed by atoms with E-state index < -0.39 is 11.7 Å². The van der Waals surface area contributed by atoms with Crippen molar-refractivity contribution in [3.63, 3.8) is 0 Å². The van der Waals surface area contributed by atoms with Crippen LogP contribution in [0.5, 0.6) is 0 Å². The van der Waals surface area contributed by atoms with E-state index in [1.54, 1.807) is 0 Å². The summed E-state index contributed by atoms with van der Waals surface area (Å²) in [7, 11) is 0. The molecule has 1 nitrogen and oxygen atoms in total. The van der Waals surface area contributed by atoms with Gasteiger partial charge in [-0.1, -0.05) is 6.07 Å². The van der Waals surface area contributed by atoms with Gasteiger partial charge in [-0.05, 0) is 29.7 Å². The fourth-order valence-corrected chi connectivity index (χ4v) is 1.76. The second-order valence-corrected chi connectivity index (χ2v) is 3.49. The topological polar surface area (TPSA) is 20.2 Å². The van der Waals surface area contributed by atoms with Gasteiger partial charge in [-0.3, -0.25) is 0 Å². The summed E-state index contributed by atoms with van der Waals surface area (Å²) in [4.78, 5) is 0. The minimum Gasteiger partial charge on any atom is -0.396 e. The molecule has 0 bridgehead atoms. The molecule has 14 heavy (non-hydrogen) atoms. The lowest BCUT2D eigenvalue weighted by Gasteiger charge is -2.29. The molecule has 4 heteroatoms. The van der Waals surface area contributed by atoms with Crippen LogP contribution in [0.15, 0.2) is 18.2 Å². The third-order valence-corrected chi connectivity index (χ3v) is 2.60. The Kier molecular flexibility index (Phi) is 2.03. The number of alkyl halides is 3. The molecule has 0 fully saturated rings. The van der Waals surface area contributed by atoms with E-state index in [1.165, 1.54) is 12.1 Å². The Labute approximate surface area is 79.2 Å². The Bertz CT molecular complexity index is 357. The van der Waals surface area contributed by atoms with Crippen LogP contribution in [0, 0.1) is 0 Å². The average Bonchev–Trinajstić information content (AvgIpc) is 2.05. The first-order valence-electron chi connectivity index (χ1n) is 4.33. The third-order valence-electron chi connectivity index (χ3n) is 2.60. The van der Waals surface area contributed by atoms with Crippen molar-refractivity contribution in [3.05, 3.63) is 34.9 Å². The summed E-state index contributed by atoms with van der Waals surface area (Å²) in [6.45, 7) is 0.0123. The highest BCUT2D eigenvalue weighted by molar-refractivity contribution is 5.43. The second-order valence-electron chi connectivity index (χ2n) is 3.49. The molecule has 1 unspecified atom stereocenters. The molecule has 0 amide bonds. The largest absolute Gasteiger partial charge is 0.416 e. The van der Waals surface area contributed by atoms with Gasteiger partial charge >= 0.3 is 6.18 Å². The van der Waals surface area contributed by atoms with Gasteiger partial charge in [0.2, 0.25) is 0 Å². The van der Waals surface area contributed by atoms with Crippen molar-refractivity contribution < 1.29 is 18.3 Å². The van der Waals surface area contributed by atoms with Gasteiger partial charge < -0.3 is 5.11 Å². The zero-order valence-electron chi connectivity index (χ0n) is 7.30. The van der Waals surface area contributed by atoms with Crippen LogP contribution in [0.2, 0.25) is 0 Å². The molecule has 0 radical (unpaired) electrons. The Balaban J connectivity index is 2.31. The van der Waals surface area contributed by atoms with E-state index >= 15 is 0 Å². The molecular weight excluding hydrogens is 193 g/mol. The molecule has 2 rings (SSSR count). The number of halogens is 3. The summed E-state index contributed by atoms with van der Waals surface area (Å²) in [5.74, 6) is 0.0345. The van der Waals surface area contributed by atoms with E-state index in [9.17, 15) is 13.2 Å². The van der Waals surface area contributed by atoms with Crippen molar-refractivity contribution in [1.29, 1.82) is 0 Å². The fraction of sp³-hybridized carbons (Fsp3) is 0.400. The van der Waals surface area contributed by atoms with E-state index in [2.05, 4.69) is 0 Å². The van der Waals surface area contributed by atoms with Crippen LogP contribution in [0.25, 0.3) is 0 Å². The second kappa shape index (κ2) is 2.98. The number of rotatable bonds is 1. The van der Waals surface area contributed by atoms with E-state index in [4.69, 9.17) is 5.11 Å². The highest BCUT2D eigenvalue weighted by Crippen LogP contribution is 2.38. The zero-order valence-corrected chi connectivity index (χ0v) is 7.30. The molecule has 1 aliphatic carbocycles. The smallest absolute Gasteiger partial charge is 0.396 e. The van der Waals surface area contributed by atoms with Crippen molar-refractivity contribution in [3.8, 4) is 0 Å². The molecule has 0 saturated carbocycles. The number of fused-ring (bicyclic) bond motifs is 1. The Hall–Kier alpha value is -1.03. The van der Waals surface area contributed by atoms with Gasteiger partial charge in [-0.2, -0.15) is 13.2 Å². The van der Waals surface area contributed by atoms with Gasteiger partial charge in [0.05, 0.1) is 12.2 Å². The Morgan fingerprint density at radius 2 is 2.07 bits per heavy atom. The molecule has 0 spiro atoms. The van der Waals surface area contributed by atoms with Crippen LogP contribution in [-0.2, 0) is 12.6 Å². The molecule has 0 saturated heterocycles. The highest BCUT2D eigenvalue weighted by atomic mass is 19.4. The summed E-state index contributed by atoms with van der Waals surface area (Å²) in [5, 5.41) is 8.84. The maximum Gasteiger partial charge on any atom is 0.416 e. The number of hydrogen-bond acceptors (Lipinski definition) is 1. The van der Waals surface area contributed by atoms with Gasteiger partial charge in [0.15, 0.2) is 0 Å². The minimum atomic E-state index is -4.26. The molecule has 0 aliphatic heterocycles. The highest BCUT2D eigenvalue weighted by Gasteiger charge is 2.33. The fourth-order valence-electron chi connectivity index (χ4n) is 1.76. The predicted octanol–water partition coefficient (Wildman–Crippen LogP) is 2.34. The van der Waals surface area contributed by atoms with Crippen LogP contribution >= 0.6 is 0 Å². The van der Waals surface area contributed by atoms with E-state index in [0.29, 0.717) is 12.0 Å². The van der Waals surface area contributed by atoms with Crippen LogP contribution in [0.1, 0.15) is 22.6 Å². The Morgan fingerprint density at radius 3 is 2.57 bits per heavy atom. The van der Waals surface area contributed by atoms with Crippen LogP contribution in [-0.4, -0.2) is 11.7 Å². The predicted molar refractivity (Wildman–Crippen MR) is 45.0 cm³/mol. The number of aliphatic hydroxyl groups excluding tert-OH is 1. The number of hydrogen-bond donors (Lipinski definition) is 1. The number of benzene rings is 1. The number of aliphatic hydroxyl groups is 1. The van der Waals surface area contributed by atoms with E-state index in [-0.39, 0.29) is 12.5 Å². The summed E-state index contributed by atoms with van der Waals surface area (Å²) in [6.07, 6.45) is -3.71. The molecular formula is C10H9F3O. The van der Waals surface area contributed by atoms with Crippen LogP contribution in [0.4, 0.5) is 13.2 Å². The maximum atomic E-state index is 12.3. The van der Waals surface area contributed by atoms with E-state index in [0.717, 1.165) is 11.6 Å². The van der Waals surface area contributed by atoms with Crippen molar-refractivity contribution in [2.75, 3.05) is 6.61 Å². The summed E-state index contributed by atoms with van der Waals surface area (Å²) in [5.41, 5.74) is 0.951. The molecule has 1 aromatic rings. The van der Waals surface area contributed by atoms with Crippen molar-refractivity contribution in [1.82, 2.24) is 0 Å². The molecule has 1 aromatic carbocycles.